The summed E-state index contributed by atoms with van der Waals surface area (Å²) in [6.07, 6.45) is 2.14. The number of pyridine rings is 1. The number of aromatic nitrogens is 1. The number of rotatable bonds is 4. The summed E-state index contributed by atoms with van der Waals surface area (Å²) >= 11 is 0. The third-order valence-corrected chi connectivity index (χ3v) is 4.18. The maximum Gasteiger partial charge on any atom is 0.258 e. The molecule has 0 fully saturated rings. The summed E-state index contributed by atoms with van der Waals surface area (Å²) in [4.78, 5) is 12.8. The van der Waals surface area contributed by atoms with Crippen LogP contribution in [0.2, 0.25) is 0 Å². The van der Waals surface area contributed by atoms with E-state index in [9.17, 15) is 4.79 Å². The Kier molecular flexibility index (Phi) is 5.59. The third-order valence-electron chi connectivity index (χ3n) is 4.18. The van der Waals surface area contributed by atoms with Crippen LogP contribution in [0.5, 0.6) is 0 Å². The lowest BCUT2D eigenvalue weighted by Gasteiger charge is -2.13. The topological polar surface area (TPSA) is 22.0 Å². The van der Waals surface area contributed by atoms with Crippen LogP contribution in [-0.2, 0) is 6.54 Å². The lowest BCUT2D eigenvalue weighted by Crippen LogP contribution is -2.33. The van der Waals surface area contributed by atoms with Gasteiger partial charge in [0.15, 0.2) is 0 Å². The fourth-order valence-electron chi connectivity index (χ4n) is 3.07. The first-order valence-electron chi connectivity index (χ1n) is 8.62. The monoisotopic (exact) mass is 309 g/mol. The highest BCUT2D eigenvalue weighted by molar-refractivity contribution is 6.09. The fraction of sp³-hybridized carbons (Fsp3) is 0.381. The molecule has 122 valence electrons. The van der Waals surface area contributed by atoms with Gasteiger partial charge in [-0.15, -0.1) is 0 Å². The average Bonchev–Trinajstić information content (AvgIpc) is 2.57. The van der Waals surface area contributed by atoms with Crippen molar-refractivity contribution >= 4 is 28.1 Å². The van der Waals surface area contributed by atoms with Crippen LogP contribution in [0.3, 0.4) is 0 Å². The number of benzene rings is 2. The molecule has 0 atom stereocenters. The summed E-state index contributed by atoms with van der Waals surface area (Å²) in [7, 11) is 0. The first-order chi connectivity index (χ1) is 11.1. The molecule has 0 amide bonds. The van der Waals surface area contributed by atoms with E-state index < -0.39 is 0 Å². The number of nitrogens with zero attached hydrogens (tertiary/aromatic N) is 1. The van der Waals surface area contributed by atoms with Gasteiger partial charge in [-0.2, -0.15) is 0 Å². The summed E-state index contributed by atoms with van der Waals surface area (Å²) < 4.78 is 1.85. The SMILES string of the molecule is C=c1c2cccc3cccc(c(=O)n1CCCC(C)C)c32.CC. The van der Waals surface area contributed by atoms with Gasteiger partial charge in [-0.3, -0.25) is 4.79 Å². The van der Waals surface area contributed by atoms with Crippen LogP contribution in [0.15, 0.2) is 41.2 Å². The largest absolute Gasteiger partial charge is 0.308 e. The van der Waals surface area contributed by atoms with Gasteiger partial charge in [-0.25, -0.2) is 0 Å². The summed E-state index contributed by atoms with van der Waals surface area (Å²) in [6, 6.07) is 12.1. The van der Waals surface area contributed by atoms with Gasteiger partial charge < -0.3 is 4.57 Å². The standard InChI is InChI=1S/C19H21NO.C2H6/c1-13(2)7-6-12-20-14(3)16-10-4-8-15-9-5-11-17(18(15)16)19(20)21;1-2/h4-5,8-11,13H,3,6-7,12H2,1-2H3;1-2H3. The zero-order valence-corrected chi connectivity index (χ0v) is 14.7. The minimum Gasteiger partial charge on any atom is -0.308 e. The fourth-order valence-corrected chi connectivity index (χ4v) is 3.07. The van der Waals surface area contributed by atoms with E-state index in [4.69, 9.17) is 0 Å². The molecule has 2 aromatic carbocycles. The Morgan fingerprint density at radius 3 is 2.26 bits per heavy atom. The lowest BCUT2D eigenvalue weighted by atomic mass is 10.0. The smallest absolute Gasteiger partial charge is 0.258 e. The van der Waals surface area contributed by atoms with Crippen LogP contribution in [0.25, 0.3) is 28.1 Å². The van der Waals surface area contributed by atoms with Crippen LogP contribution < -0.4 is 10.9 Å². The van der Waals surface area contributed by atoms with Crippen molar-refractivity contribution in [3.63, 3.8) is 0 Å². The molecule has 0 spiro atoms. The van der Waals surface area contributed by atoms with Gasteiger partial charge in [0, 0.05) is 28.1 Å². The summed E-state index contributed by atoms with van der Waals surface area (Å²) in [5, 5.41) is 4.90. The normalized spacial score (nSPS) is 11.0. The van der Waals surface area contributed by atoms with E-state index in [0.29, 0.717) is 5.92 Å². The summed E-state index contributed by atoms with van der Waals surface area (Å²) in [6.45, 7) is 13.3. The van der Waals surface area contributed by atoms with Crippen LogP contribution >= 0.6 is 0 Å². The third kappa shape index (κ3) is 3.31. The molecule has 1 heterocycles. The molecule has 0 aliphatic carbocycles. The second kappa shape index (κ2) is 7.45. The molecule has 0 saturated carbocycles. The van der Waals surface area contributed by atoms with Crippen molar-refractivity contribution in [1.82, 2.24) is 4.57 Å². The Morgan fingerprint density at radius 2 is 1.65 bits per heavy atom. The highest BCUT2D eigenvalue weighted by Gasteiger charge is 2.10. The van der Waals surface area contributed by atoms with Gasteiger partial charge in [0.25, 0.3) is 5.56 Å². The van der Waals surface area contributed by atoms with Crippen molar-refractivity contribution in [2.75, 3.05) is 0 Å². The molecule has 0 aliphatic heterocycles. The van der Waals surface area contributed by atoms with E-state index in [-0.39, 0.29) is 5.56 Å². The predicted octanol–water partition coefficient (Wildman–Crippen LogP) is 4.75. The van der Waals surface area contributed by atoms with Gasteiger partial charge in [0.05, 0.1) is 0 Å². The van der Waals surface area contributed by atoms with E-state index in [0.717, 1.165) is 46.3 Å². The first-order valence-corrected chi connectivity index (χ1v) is 8.62. The molecule has 1 aromatic heterocycles. The lowest BCUT2D eigenvalue weighted by molar-refractivity contribution is 0.503. The van der Waals surface area contributed by atoms with E-state index in [1.165, 1.54) is 0 Å². The second-order valence-corrected chi connectivity index (χ2v) is 6.15. The minimum atomic E-state index is 0.0908. The van der Waals surface area contributed by atoms with Crippen molar-refractivity contribution in [3.8, 4) is 0 Å². The summed E-state index contributed by atoms with van der Waals surface area (Å²) in [5.41, 5.74) is 0.0908. The number of hydrogen-bond acceptors (Lipinski definition) is 1. The van der Waals surface area contributed by atoms with Crippen LogP contribution in [0.1, 0.15) is 40.5 Å². The Bertz CT molecular complexity index is 827. The first kappa shape index (κ1) is 17.3. The van der Waals surface area contributed by atoms with Crippen LogP contribution in [-0.4, -0.2) is 4.57 Å². The molecule has 23 heavy (non-hydrogen) atoms. The molecule has 0 bridgehead atoms. The molecule has 0 radical (unpaired) electrons. The van der Waals surface area contributed by atoms with E-state index >= 15 is 0 Å². The quantitative estimate of drug-likeness (QED) is 0.682. The molecule has 3 rings (SSSR count). The van der Waals surface area contributed by atoms with Gasteiger partial charge in [0.2, 0.25) is 0 Å². The molecule has 3 aromatic rings. The molecule has 0 unspecified atom stereocenters. The highest BCUT2D eigenvalue weighted by atomic mass is 16.1. The van der Waals surface area contributed by atoms with Crippen LogP contribution in [0.4, 0.5) is 0 Å². The molecule has 0 saturated heterocycles. The summed E-state index contributed by atoms with van der Waals surface area (Å²) in [5.74, 6) is 0.661. The highest BCUT2D eigenvalue weighted by Crippen LogP contribution is 2.21. The van der Waals surface area contributed by atoms with E-state index in [2.05, 4.69) is 38.6 Å². The molecule has 0 aliphatic rings. The minimum absolute atomic E-state index is 0.0908. The van der Waals surface area contributed by atoms with E-state index in [1.807, 2.05) is 36.6 Å². The Hall–Kier alpha value is -2.09. The predicted molar refractivity (Wildman–Crippen MR) is 102 cm³/mol. The Labute approximate surface area is 138 Å². The molecule has 2 nitrogen and oxygen atoms in total. The van der Waals surface area contributed by atoms with Gasteiger partial charge in [-0.05, 0) is 30.2 Å². The van der Waals surface area contributed by atoms with E-state index in [1.54, 1.807) is 0 Å². The average molecular weight is 309 g/mol. The maximum atomic E-state index is 12.8. The molecule has 0 N–H and O–H groups in total. The molecular weight excluding hydrogens is 282 g/mol. The van der Waals surface area contributed by atoms with Crippen molar-refractivity contribution in [3.05, 3.63) is 52.1 Å². The molecule has 2 heteroatoms. The zero-order chi connectivity index (χ0) is 17.0. The van der Waals surface area contributed by atoms with Crippen molar-refractivity contribution in [1.29, 1.82) is 0 Å². The van der Waals surface area contributed by atoms with Crippen molar-refractivity contribution < 1.29 is 0 Å². The van der Waals surface area contributed by atoms with Crippen molar-refractivity contribution in [2.45, 2.75) is 47.1 Å². The number of hydrogen-bond donors (Lipinski definition) is 0. The second-order valence-electron chi connectivity index (χ2n) is 6.15. The van der Waals surface area contributed by atoms with Gasteiger partial charge >= 0.3 is 0 Å². The molecular formula is C21H27NO. The Balaban J connectivity index is 0.000000924. The van der Waals surface area contributed by atoms with Crippen LogP contribution in [0, 0.1) is 5.92 Å². The maximum absolute atomic E-state index is 12.8. The zero-order valence-electron chi connectivity index (χ0n) is 14.7. The van der Waals surface area contributed by atoms with Gasteiger partial charge in [0.1, 0.15) is 0 Å². The Morgan fingerprint density at radius 1 is 1.04 bits per heavy atom. The van der Waals surface area contributed by atoms with Gasteiger partial charge in [-0.1, -0.05) is 64.6 Å². The van der Waals surface area contributed by atoms with Crippen molar-refractivity contribution in [2.24, 2.45) is 5.92 Å².